The van der Waals surface area contributed by atoms with E-state index in [0.717, 1.165) is 24.5 Å². The predicted molar refractivity (Wildman–Crippen MR) is 142 cm³/mol. The van der Waals surface area contributed by atoms with E-state index in [2.05, 4.69) is 21.9 Å². The van der Waals surface area contributed by atoms with E-state index < -0.39 is 0 Å². The van der Waals surface area contributed by atoms with Crippen molar-refractivity contribution in [3.63, 3.8) is 0 Å². The molecule has 0 aliphatic carbocycles. The molecule has 1 fully saturated rings. The fourth-order valence-electron chi connectivity index (χ4n) is 4.29. The lowest BCUT2D eigenvalue weighted by atomic mass is 10.2. The summed E-state index contributed by atoms with van der Waals surface area (Å²) in [7, 11) is 0. The Hall–Kier alpha value is -2.77. The van der Waals surface area contributed by atoms with Gasteiger partial charge in [-0.1, -0.05) is 65.3 Å². The Morgan fingerprint density at radius 2 is 1.31 bits per heavy atom. The van der Waals surface area contributed by atoms with Crippen LogP contribution in [0.15, 0.2) is 94.4 Å². The molecule has 0 aromatic heterocycles. The summed E-state index contributed by atoms with van der Waals surface area (Å²) >= 11 is 13.4. The molecular weight excluding hydrogens is 501 g/mol. The number of carbonyl (C=O) groups is 2. The summed E-state index contributed by atoms with van der Waals surface area (Å²) in [5, 5.41) is 1.17. The first kappa shape index (κ1) is 23.9. The summed E-state index contributed by atoms with van der Waals surface area (Å²) in [5.74, 6) is -0.621. The molecule has 2 aliphatic rings. The normalized spacial score (nSPS) is 17.0. The Labute approximate surface area is 218 Å². The first-order valence-electron chi connectivity index (χ1n) is 11.3. The van der Waals surface area contributed by atoms with Gasteiger partial charge < -0.3 is 4.90 Å². The van der Waals surface area contributed by atoms with Crippen molar-refractivity contribution in [3.05, 3.63) is 105 Å². The van der Waals surface area contributed by atoms with Crippen molar-refractivity contribution in [1.29, 1.82) is 0 Å². The number of nitrogens with zero attached hydrogens (tertiary/aromatic N) is 3. The lowest BCUT2D eigenvalue weighted by Crippen LogP contribution is -2.47. The van der Waals surface area contributed by atoms with Crippen LogP contribution in [-0.2, 0) is 16.1 Å². The highest BCUT2D eigenvalue weighted by atomic mass is 35.5. The monoisotopic (exact) mass is 523 g/mol. The van der Waals surface area contributed by atoms with Crippen LogP contribution in [0.3, 0.4) is 0 Å². The van der Waals surface area contributed by atoms with Crippen molar-refractivity contribution < 1.29 is 9.59 Å². The van der Waals surface area contributed by atoms with Crippen LogP contribution < -0.4 is 4.90 Å². The molecule has 5 nitrogen and oxygen atoms in total. The number of benzene rings is 3. The molecule has 2 amide bonds. The lowest BCUT2D eigenvalue weighted by molar-refractivity contribution is -0.121. The molecule has 3 aromatic carbocycles. The second-order valence-corrected chi connectivity index (χ2v) is 10.4. The third kappa shape index (κ3) is 5.26. The highest BCUT2D eigenvalue weighted by Crippen LogP contribution is 2.39. The molecule has 3 aromatic rings. The van der Waals surface area contributed by atoms with E-state index in [9.17, 15) is 9.59 Å². The third-order valence-corrected chi connectivity index (χ3v) is 7.66. The van der Waals surface area contributed by atoms with Crippen molar-refractivity contribution in [2.75, 3.05) is 31.1 Å². The van der Waals surface area contributed by atoms with E-state index in [1.54, 1.807) is 36.4 Å². The summed E-state index contributed by atoms with van der Waals surface area (Å²) in [6.07, 6.45) is 0. The summed E-state index contributed by atoms with van der Waals surface area (Å²) in [6.45, 7) is 3.81. The second-order valence-electron chi connectivity index (χ2n) is 8.40. The van der Waals surface area contributed by atoms with Gasteiger partial charge in [-0.15, -0.1) is 0 Å². The molecule has 0 atom stereocenters. The average Bonchev–Trinajstić information content (AvgIpc) is 3.11. The smallest absolute Gasteiger partial charge is 0.283 e. The van der Waals surface area contributed by atoms with Crippen molar-refractivity contribution in [1.82, 2.24) is 9.80 Å². The van der Waals surface area contributed by atoms with Crippen molar-refractivity contribution in [2.45, 2.75) is 11.4 Å². The van der Waals surface area contributed by atoms with Gasteiger partial charge in [0.2, 0.25) is 0 Å². The van der Waals surface area contributed by atoms with E-state index in [0.29, 0.717) is 39.4 Å². The number of hydrogen-bond acceptors (Lipinski definition) is 5. The molecule has 0 N–H and O–H groups in total. The molecule has 0 spiro atoms. The van der Waals surface area contributed by atoms with Gasteiger partial charge in [-0.05, 0) is 54.1 Å². The van der Waals surface area contributed by atoms with Gasteiger partial charge in [-0.2, -0.15) is 0 Å². The van der Waals surface area contributed by atoms with Crippen molar-refractivity contribution >= 4 is 52.5 Å². The fourth-order valence-corrected chi connectivity index (χ4v) is 5.54. The number of anilines is 1. The topological polar surface area (TPSA) is 43.9 Å². The summed E-state index contributed by atoms with van der Waals surface area (Å²) < 4.78 is 0. The zero-order valence-corrected chi connectivity index (χ0v) is 21.2. The maximum Gasteiger partial charge on any atom is 0.283 e. The van der Waals surface area contributed by atoms with Crippen molar-refractivity contribution in [3.8, 4) is 0 Å². The van der Waals surface area contributed by atoms with Gasteiger partial charge in [0.05, 0.1) is 5.69 Å². The van der Waals surface area contributed by atoms with Crippen LogP contribution in [-0.4, -0.2) is 47.8 Å². The Morgan fingerprint density at radius 3 is 1.94 bits per heavy atom. The van der Waals surface area contributed by atoms with Crippen LogP contribution in [0.5, 0.6) is 0 Å². The minimum atomic E-state index is -0.320. The molecule has 1 saturated heterocycles. The Balaban J connectivity index is 1.40. The predicted octanol–water partition coefficient (Wildman–Crippen LogP) is 5.69. The molecule has 0 unspecified atom stereocenters. The standard InChI is InChI=1S/C27H23Cl2N3O2S/c28-20-6-10-22(11-7-20)32-26(33)24(25(27(32)34)35-23-12-8-21(29)9-13-23)31-16-14-30(15-17-31)18-19-4-2-1-3-5-19/h1-13H,14-18H2. The van der Waals surface area contributed by atoms with Crippen LogP contribution in [0, 0.1) is 0 Å². The minimum absolute atomic E-state index is 0.301. The number of rotatable bonds is 6. The van der Waals surface area contributed by atoms with Gasteiger partial charge in [0.15, 0.2) is 0 Å². The quantitative estimate of drug-likeness (QED) is 0.388. The molecule has 0 saturated carbocycles. The average molecular weight is 524 g/mol. The van der Waals surface area contributed by atoms with Gasteiger partial charge in [0, 0.05) is 47.7 Å². The number of thioether (sulfide) groups is 1. The number of piperazine rings is 1. The van der Waals surface area contributed by atoms with E-state index in [1.807, 2.05) is 30.3 Å². The van der Waals surface area contributed by atoms with Gasteiger partial charge in [0.1, 0.15) is 10.6 Å². The van der Waals surface area contributed by atoms with Crippen LogP contribution in [0.2, 0.25) is 10.0 Å². The molecule has 178 valence electrons. The number of halogens is 2. The first-order valence-corrected chi connectivity index (χ1v) is 12.9. The van der Waals surface area contributed by atoms with E-state index >= 15 is 0 Å². The highest BCUT2D eigenvalue weighted by molar-refractivity contribution is 8.04. The number of carbonyl (C=O) groups excluding carboxylic acids is 2. The fraction of sp³-hybridized carbons (Fsp3) is 0.185. The van der Waals surface area contributed by atoms with Crippen LogP contribution >= 0.6 is 35.0 Å². The van der Waals surface area contributed by atoms with E-state index in [-0.39, 0.29) is 11.8 Å². The maximum atomic E-state index is 13.7. The zero-order chi connectivity index (χ0) is 24.4. The molecular formula is C27H23Cl2N3O2S. The summed E-state index contributed by atoms with van der Waals surface area (Å²) in [5.41, 5.74) is 2.24. The van der Waals surface area contributed by atoms with E-state index in [4.69, 9.17) is 23.2 Å². The van der Waals surface area contributed by atoms with Crippen molar-refractivity contribution in [2.24, 2.45) is 0 Å². The third-order valence-electron chi connectivity index (χ3n) is 6.07. The number of imide groups is 1. The van der Waals surface area contributed by atoms with E-state index in [1.165, 1.54) is 22.2 Å². The molecule has 2 aliphatic heterocycles. The first-order chi connectivity index (χ1) is 17.0. The second kappa shape index (κ2) is 10.5. The van der Waals surface area contributed by atoms with Crippen LogP contribution in [0.25, 0.3) is 0 Å². The highest BCUT2D eigenvalue weighted by Gasteiger charge is 2.43. The minimum Gasteiger partial charge on any atom is -0.363 e. The number of amides is 2. The zero-order valence-electron chi connectivity index (χ0n) is 18.9. The lowest BCUT2D eigenvalue weighted by Gasteiger charge is -2.36. The van der Waals surface area contributed by atoms with Gasteiger partial charge in [-0.25, -0.2) is 4.90 Å². The SMILES string of the molecule is O=C1C(Sc2ccc(Cl)cc2)=C(N2CCN(Cc3ccccc3)CC2)C(=O)N1c1ccc(Cl)cc1. The molecule has 8 heteroatoms. The van der Waals surface area contributed by atoms with Gasteiger partial charge in [0.25, 0.3) is 11.8 Å². The van der Waals surface area contributed by atoms with Gasteiger partial charge >= 0.3 is 0 Å². The Morgan fingerprint density at radius 1 is 0.714 bits per heavy atom. The molecule has 2 heterocycles. The largest absolute Gasteiger partial charge is 0.363 e. The Bertz CT molecular complexity index is 1260. The molecule has 35 heavy (non-hydrogen) atoms. The van der Waals surface area contributed by atoms with Crippen LogP contribution in [0.4, 0.5) is 5.69 Å². The molecule has 0 bridgehead atoms. The molecule has 5 rings (SSSR count). The maximum absolute atomic E-state index is 13.7. The summed E-state index contributed by atoms with van der Waals surface area (Å²) in [6, 6.07) is 24.4. The Kier molecular flexibility index (Phi) is 7.16. The summed E-state index contributed by atoms with van der Waals surface area (Å²) in [4.78, 5) is 34.2. The van der Waals surface area contributed by atoms with Gasteiger partial charge in [-0.3, -0.25) is 14.5 Å². The number of hydrogen-bond donors (Lipinski definition) is 0. The molecule has 0 radical (unpaired) electrons. The van der Waals surface area contributed by atoms with Crippen LogP contribution in [0.1, 0.15) is 5.56 Å².